The molecular weight excluding hydrogens is 276 g/mol. The van der Waals surface area contributed by atoms with Crippen LogP contribution in [0.1, 0.15) is 12.8 Å². The number of aromatic nitrogens is 1. The zero-order valence-corrected chi connectivity index (χ0v) is 10.9. The number of aromatic amines is 1. The van der Waals surface area contributed by atoms with Crippen LogP contribution in [0.2, 0.25) is 0 Å². The molecule has 0 aromatic carbocycles. The summed E-state index contributed by atoms with van der Waals surface area (Å²) in [5, 5.41) is 8.93. The molecule has 0 fully saturated rings. The van der Waals surface area contributed by atoms with Gasteiger partial charge in [-0.3, -0.25) is 9.59 Å². The molecule has 8 nitrogen and oxygen atoms in total. The fraction of sp³-hybridized carbons (Fsp3) is 0.400. The Morgan fingerprint density at radius 2 is 2.21 bits per heavy atom. The van der Waals surface area contributed by atoms with Gasteiger partial charge in [0, 0.05) is 18.8 Å². The van der Waals surface area contributed by atoms with Crippen molar-refractivity contribution in [3.63, 3.8) is 0 Å². The predicted molar refractivity (Wildman–Crippen MR) is 63.8 cm³/mol. The van der Waals surface area contributed by atoms with Crippen molar-refractivity contribution in [2.24, 2.45) is 0 Å². The van der Waals surface area contributed by atoms with Crippen molar-refractivity contribution in [1.82, 2.24) is 9.71 Å². The Kier molecular flexibility index (Phi) is 5.07. The van der Waals surface area contributed by atoms with Crippen LogP contribution in [0.5, 0.6) is 0 Å². The second-order valence-corrected chi connectivity index (χ2v) is 5.39. The zero-order valence-electron chi connectivity index (χ0n) is 10.1. The van der Waals surface area contributed by atoms with Gasteiger partial charge in [-0.25, -0.2) is 8.42 Å². The third-order valence-corrected chi connectivity index (χ3v) is 3.81. The normalized spacial score (nSPS) is 12.9. The van der Waals surface area contributed by atoms with Crippen LogP contribution < -0.4 is 4.72 Å². The molecule has 0 bridgehead atoms. The van der Waals surface area contributed by atoms with E-state index in [0.717, 1.165) is 0 Å². The molecule has 0 aliphatic heterocycles. The zero-order chi connectivity index (χ0) is 14.5. The van der Waals surface area contributed by atoms with E-state index in [1.54, 1.807) is 0 Å². The molecule has 19 heavy (non-hydrogen) atoms. The second-order valence-electron chi connectivity index (χ2n) is 3.67. The fourth-order valence-corrected chi connectivity index (χ4v) is 2.53. The summed E-state index contributed by atoms with van der Waals surface area (Å²) in [5.74, 6) is -1.96. The lowest BCUT2D eigenvalue weighted by Gasteiger charge is -2.13. The highest BCUT2D eigenvalue weighted by Crippen LogP contribution is 2.09. The van der Waals surface area contributed by atoms with Gasteiger partial charge in [-0.15, -0.1) is 0 Å². The van der Waals surface area contributed by atoms with Crippen molar-refractivity contribution in [2.75, 3.05) is 7.11 Å². The quantitative estimate of drug-likeness (QED) is 0.592. The van der Waals surface area contributed by atoms with Crippen molar-refractivity contribution in [3.05, 3.63) is 18.5 Å². The van der Waals surface area contributed by atoms with E-state index in [0.29, 0.717) is 0 Å². The molecule has 0 radical (unpaired) electrons. The first kappa shape index (κ1) is 15.2. The standard InChI is InChI=1S/C10H14N2O6S/c1-18-9(13)3-2-8(10(14)15)12-19(16,17)7-4-5-11-6-7/h4-6,8,11-12H,2-3H2,1H3,(H,14,15)/t8-/m1/s1. The lowest BCUT2D eigenvalue weighted by atomic mass is 10.2. The first-order chi connectivity index (χ1) is 8.86. The number of ether oxygens (including phenoxy) is 1. The van der Waals surface area contributed by atoms with Gasteiger partial charge in [0.05, 0.1) is 12.0 Å². The van der Waals surface area contributed by atoms with Gasteiger partial charge in [-0.1, -0.05) is 0 Å². The molecule has 1 heterocycles. The minimum atomic E-state index is -3.93. The van der Waals surface area contributed by atoms with E-state index in [-0.39, 0.29) is 17.7 Å². The van der Waals surface area contributed by atoms with E-state index in [2.05, 4.69) is 9.72 Å². The van der Waals surface area contributed by atoms with Gasteiger partial charge in [0.15, 0.2) is 0 Å². The van der Waals surface area contributed by atoms with Crippen LogP contribution in [0, 0.1) is 0 Å². The number of carboxylic acid groups (broad SMARTS) is 1. The van der Waals surface area contributed by atoms with Gasteiger partial charge in [-0.2, -0.15) is 4.72 Å². The van der Waals surface area contributed by atoms with Crippen molar-refractivity contribution >= 4 is 22.0 Å². The first-order valence-corrected chi connectivity index (χ1v) is 6.80. The van der Waals surface area contributed by atoms with Crippen LogP contribution in [0.4, 0.5) is 0 Å². The van der Waals surface area contributed by atoms with Gasteiger partial charge in [-0.05, 0) is 12.5 Å². The van der Waals surface area contributed by atoms with E-state index in [1.165, 1.54) is 25.6 Å². The average molecular weight is 290 g/mol. The maximum atomic E-state index is 11.8. The van der Waals surface area contributed by atoms with Gasteiger partial charge < -0.3 is 14.8 Å². The van der Waals surface area contributed by atoms with Gasteiger partial charge >= 0.3 is 11.9 Å². The highest BCUT2D eigenvalue weighted by atomic mass is 32.2. The topological polar surface area (TPSA) is 126 Å². The largest absolute Gasteiger partial charge is 0.480 e. The first-order valence-electron chi connectivity index (χ1n) is 5.31. The maximum Gasteiger partial charge on any atom is 0.321 e. The molecule has 1 atom stereocenters. The molecular formula is C10H14N2O6S. The minimum absolute atomic E-state index is 0.0724. The van der Waals surface area contributed by atoms with E-state index in [9.17, 15) is 18.0 Å². The van der Waals surface area contributed by atoms with E-state index in [4.69, 9.17) is 5.11 Å². The van der Waals surface area contributed by atoms with Crippen LogP contribution in [-0.2, 0) is 24.3 Å². The van der Waals surface area contributed by atoms with Crippen LogP contribution in [0.25, 0.3) is 0 Å². The smallest absolute Gasteiger partial charge is 0.321 e. The van der Waals surface area contributed by atoms with Gasteiger partial charge in [0.2, 0.25) is 10.0 Å². The van der Waals surface area contributed by atoms with Crippen molar-refractivity contribution < 1.29 is 27.9 Å². The molecule has 0 aliphatic carbocycles. The van der Waals surface area contributed by atoms with Crippen molar-refractivity contribution in [1.29, 1.82) is 0 Å². The average Bonchev–Trinajstić information content (AvgIpc) is 2.88. The summed E-state index contributed by atoms with van der Waals surface area (Å²) in [4.78, 5) is 24.4. The number of hydrogen-bond acceptors (Lipinski definition) is 5. The summed E-state index contributed by atoms with van der Waals surface area (Å²) in [5.41, 5.74) is 0. The van der Waals surface area contributed by atoms with Crippen LogP contribution in [-0.4, -0.2) is 43.6 Å². The lowest BCUT2D eigenvalue weighted by Crippen LogP contribution is -2.40. The Hall–Kier alpha value is -1.87. The predicted octanol–water partition coefficient (Wildman–Crippen LogP) is -0.301. The minimum Gasteiger partial charge on any atom is -0.480 e. The fourth-order valence-electron chi connectivity index (χ4n) is 1.33. The summed E-state index contributed by atoms with van der Waals surface area (Å²) in [6.45, 7) is 0. The van der Waals surface area contributed by atoms with Crippen LogP contribution in [0.15, 0.2) is 23.4 Å². The van der Waals surface area contributed by atoms with Crippen molar-refractivity contribution in [3.8, 4) is 0 Å². The SMILES string of the molecule is COC(=O)CC[C@@H](NS(=O)(=O)c1cc[nH]c1)C(=O)O. The Morgan fingerprint density at radius 3 is 2.68 bits per heavy atom. The molecule has 9 heteroatoms. The van der Waals surface area contributed by atoms with Crippen LogP contribution >= 0.6 is 0 Å². The summed E-state index contributed by atoms with van der Waals surface area (Å²) >= 11 is 0. The summed E-state index contributed by atoms with van der Waals surface area (Å²) in [7, 11) is -2.76. The Bertz CT molecular complexity index is 536. The van der Waals surface area contributed by atoms with Gasteiger partial charge in [0.1, 0.15) is 6.04 Å². The number of carboxylic acids is 1. The molecule has 1 aromatic rings. The van der Waals surface area contributed by atoms with Gasteiger partial charge in [0.25, 0.3) is 0 Å². The number of esters is 1. The van der Waals surface area contributed by atoms with E-state index in [1.807, 2.05) is 4.72 Å². The molecule has 0 amide bonds. The number of rotatable bonds is 7. The monoisotopic (exact) mass is 290 g/mol. The molecule has 0 unspecified atom stereocenters. The molecule has 106 valence electrons. The summed E-state index contributed by atoms with van der Waals surface area (Å²) in [6.07, 6.45) is 2.25. The van der Waals surface area contributed by atoms with E-state index >= 15 is 0 Å². The Morgan fingerprint density at radius 1 is 1.53 bits per heavy atom. The van der Waals surface area contributed by atoms with Crippen molar-refractivity contribution in [2.45, 2.75) is 23.8 Å². The maximum absolute atomic E-state index is 11.8. The highest BCUT2D eigenvalue weighted by Gasteiger charge is 2.26. The molecule has 1 rings (SSSR count). The molecule has 0 saturated carbocycles. The lowest BCUT2D eigenvalue weighted by molar-refractivity contribution is -0.142. The molecule has 1 aromatic heterocycles. The number of carbonyl (C=O) groups is 2. The van der Waals surface area contributed by atoms with Crippen LogP contribution in [0.3, 0.4) is 0 Å². The second kappa shape index (κ2) is 6.34. The number of aliphatic carboxylic acids is 1. The number of hydrogen-bond donors (Lipinski definition) is 3. The number of H-pyrrole nitrogens is 1. The Labute approximate surface area is 109 Å². The molecule has 0 spiro atoms. The molecule has 0 aliphatic rings. The number of nitrogens with one attached hydrogen (secondary N) is 2. The molecule has 0 saturated heterocycles. The third-order valence-electron chi connectivity index (χ3n) is 2.34. The third kappa shape index (κ3) is 4.38. The Balaban J connectivity index is 2.74. The summed E-state index contributed by atoms with van der Waals surface area (Å²) < 4.78 is 30.0. The molecule has 3 N–H and O–H groups in total. The van der Waals surface area contributed by atoms with E-state index < -0.39 is 28.0 Å². The number of methoxy groups -OCH3 is 1. The number of sulfonamides is 1. The highest BCUT2D eigenvalue weighted by molar-refractivity contribution is 7.89. The number of carbonyl (C=O) groups excluding carboxylic acids is 1. The summed E-state index contributed by atoms with van der Waals surface area (Å²) in [6, 6.07) is -0.0966.